The molecule has 24 heavy (non-hydrogen) atoms. The molecule has 0 amide bonds. The number of alkyl halides is 3. The van der Waals surface area contributed by atoms with Crippen LogP contribution in [0, 0.1) is 10.1 Å². The molecule has 3 rings (SSSR count). The third-order valence-electron chi connectivity index (χ3n) is 3.34. The quantitative estimate of drug-likeness (QED) is 0.625. The number of hydrogen-bond acceptors (Lipinski definition) is 6. The van der Waals surface area contributed by atoms with Gasteiger partial charge in [-0.1, -0.05) is 0 Å². The molecule has 1 aliphatic heterocycles. The lowest BCUT2D eigenvalue weighted by Crippen LogP contribution is -2.31. The van der Waals surface area contributed by atoms with E-state index in [4.69, 9.17) is 9.47 Å². The Hall–Kier alpha value is -2.85. The molecule has 0 aliphatic carbocycles. The zero-order valence-corrected chi connectivity index (χ0v) is 12.1. The van der Waals surface area contributed by atoms with Gasteiger partial charge >= 0.3 is 18.0 Å². The number of fused-ring (bicyclic) bond motifs is 1. The second-order valence-corrected chi connectivity index (χ2v) is 5.05. The maximum atomic E-state index is 12.4. The molecule has 1 atom stereocenters. The van der Waals surface area contributed by atoms with Crippen LogP contribution < -0.4 is 9.47 Å². The second kappa shape index (κ2) is 5.98. The molecule has 0 bridgehead atoms. The van der Waals surface area contributed by atoms with Crippen LogP contribution in [0.5, 0.6) is 11.8 Å². The van der Waals surface area contributed by atoms with Crippen molar-refractivity contribution < 1.29 is 27.6 Å². The van der Waals surface area contributed by atoms with Crippen LogP contribution in [0.1, 0.15) is 12.1 Å². The maximum absolute atomic E-state index is 12.4. The Morgan fingerprint density at radius 2 is 2.25 bits per heavy atom. The van der Waals surface area contributed by atoms with Crippen molar-refractivity contribution in [3.05, 3.63) is 40.3 Å². The van der Waals surface area contributed by atoms with E-state index in [1.165, 1.54) is 16.8 Å². The molecule has 0 saturated heterocycles. The Labute approximate surface area is 133 Å². The number of rotatable bonds is 4. The average Bonchev–Trinajstić information content (AvgIpc) is 2.96. The summed E-state index contributed by atoms with van der Waals surface area (Å²) in [6, 6.07) is 2.12. The minimum absolute atomic E-state index is 0.0632. The maximum Gasteiger partial charge on any atom is 0.433 e. The molecule has 1 unspecified atom stereocenters. The summed E-state index contributed by atoms with van der Waals surface area (Å²) in [5.41, 5.74) is -1.00. The van der Waals surface area contributed by atoms with E-state index in [-0.39, 0.29) is 24.2 Å². The summed E-state index contributed by atoms with van der Waals surface area (Å²) < 4.78 is 49.6. The van der Waals surface area contributed by atoms with E-state index >= 15 is 0 Å². The third kappa shape index (κ3) is 3.39. The van der Waals surface area contributed by atoms with Crippen molar-refractivity contribution in [1.82, 2.24) is 14.5 Å². The van der Waals surface area contributed by atoms with Gasteiger partial charge in [0, 0.05) is 17.9 Å². The number of halogens is 3. The number of nitrogens with zero attached hydrogens (tertiary/aromatic N) is 4. The molecular weight excluding hydrogens is 333 g/mol. The molecule has 128 valence electrons. The monoisotopic (exact) mass is 344 g/mol. The minimum Gasteiger partial charge on any atom is -0.488 e. The standard InChI is InChI=1S/C13H11F3N4O4/c14-13(15,16)10-2-1-8(5-17-10)23-7-9-3-4-19-6-11(20(21)22)18-12(19)24-9/h1-2,5-6,9H,3-4,7H2. The van der Waals surface area contributed by atoms with Gasteiger partial charge in [0.15, 0.2) is 0 Å². The Balaban J connectivity index is 1.58. The van der Waals surface area contributed by atoms with Gasteiger partial charge in [-0.3, -0.25) is 4.57 Å². The van der Waals surface area contributed by atoms with E-state index < -0.39 is 22.9 Å². The fraction of sp³-hybridized carbons (Fsp3) is 0.385. The summed E-state index contributed by atoms with van der Waals surface area (Å²) in [4.78, 5) is 17.1. The highest BCUT2D eigenvalue weighted by atomic mass is 19.4. The molecule has 0 aromatic carbocycles. The largest absolute Gasteiger partial charge is 0.488 e. The normalized spacial score (nSPS) is 17.0. The molecule has 0 fully saturated rings. The third-order valence-corrected chi connectivity index (χ3v) is 3.34. The molecule has 11 heteroatoms. The number of aryl methyl sites for hydroxylation is 1. The Kier molecular flexibility index (Phi) is 3.99. The van der Waals surface area contributed by atoms with Crippen LogP contribution >= 0.6 is 0 Å². The van der Waals surface area contributed by atoms with E-state index in [9.17, 15) is 23.3 Å². The van der Waals surface area contributed by atoms with Crippen molar-refractivity contribution in [3.8, 4) is 11.8 Å². The lowest BCUT2D eigenvalue weighted by Gasteiger charge is -2.22. The number of aromatic nitrogens is 3. The summed E-state index contributed by atoms with van der Waals surface area (Å²) in [5, 5.41) is 10.7. The highest BCUT2D eigenvalue weighted by Crippen LogP contribution is 2.28. The Morgan fingerprint density at radius 1 is 1.46 bits per heavy atom. The van der Waals surface area contributed by atoms with Crippen LogP contribution in [0.4, 0.5) is 19.0 Å². The predicted molar refractivity (Wildman–Crippen MR) is 72.6 cm³/mol. The van der Waals surface area contributed by atoms with E-state index in [1.54, 1.807) is 0 Å². The Morgan fingerprint density at radius 3 is 2.88 bits per heavy atom. The van der Waals surface area contributed by atoms with E-state index in [0.717, 1.165) is 12.3 Å². The molecule has 8 nitrogen and oxygen atoms in total. The predicted octanol–water partition coefficient (Wildman–Crippen LogP) is 2.44. The summed E-state index contributed by atoms with van der Waals surface area (Å²) >= 11 is 0. The van der Waals surface area contributed by atoms with Crippen molar-refractivity contribution in [2.75, 3.05) is 6.61 Å². The number of imidazole rings is 1. The van der Waals surface area contributed by atoms with E-state index in [0.29, 0.717) is 13.0 Å². The number of nitro groups is 1. The number of ether oxygens (including phenoxy) is 2. The smallest absolute Gasteiger partial charge is 0.433 e. The molecule has 3 heterocycles. The van der Waals surface area contributed by atoms with Crippen LogP contribution in [0.3, 0.4) is 0 Å². The van der Waals surface area contributed by atoms with Crippen molar-refractivity contribution in [2.45, 2.75) is 25.2 Å². The molecular formula is C13H11F3N4O4. The topological polar surface area (TPSA) is 92.3 Å². The molecule has 2 aromatic rings. The number of hydrogen-bond donors (Lipinski definition) is 0. The first-order chi connectivity index (χ1) is 11.3. The van der Waals surface area contributed by atoms with Gasteiger partial charge in [-0.15, -0.1) is 0 Å². The average molecular weight is 344 g/mol. The van der Waals surface area contributed by atoms with Crippen LogP contribution in [0.15, 0.2) is 24.5 Å². The van der Waals surface area contributed by atoms with Crippen LogP contribution in [0.2, 0.25) is 0 Å². The fourth-order valence-electron chi connectivity index (χ4n) is 2.16. The Bertz CT molecular complexity index is 745. The fourth-order valence-corrected chi connectivity index (χ4v) is 2.16. The molecule has 2 aromatic heterocycles. The van der Waals surface area contributed by atoms with Crippen molar-refractivity contribution in [1.29, 1.82) is 0 Å². The summed E-state index contributed by atoms with van der Waals surface area (Å²) in [7, 11) is 0. The van der Waals surface area contributed by atoms with Crippen LogP contribution in [-0.4, -0.2) is 32.2 Å². The first kappa shape index (κ1) is 16.0. The molecule has 1 aliphatic rings. The van der Waals surface area contributed by atoms with Gasteiger partial charge in [0.2, 0.25) is 0 Å². The highest BCUT2D eigenvalue weighted by molar-refractivity contribution is 5.22. The van der Waals surface area contributed by atoms with E-state index in [1.807, 2.05) is 0 Å². The van der Waals surface area contributed by atoms with Crippen LogP contribution in [0.25, 0.3) is 0 Å². The van der Waals surface area contributed by atoms with Crippen molar-refractivity contribution in [2.24, 2.45) is 0 Å². The van der Waals surface area contributed by atoms with Gasteiger partial charge in [0.25, 0.3) is 0 Å². The lowest BCUT2D eigenvalue weighted by molar-refractivity contribution is -0.389. The first-order valence-electron chi connectivity index (χ1n) is 6.87. The molecule has 0 N–H and O–H groups in total. The molecule has 0 spiro atoms. The van der Waals surface area contributed by atoms with Gasteiger partial charge in [-0.2, -0.15) is 13.2 Å². The molecule has 0 saturated carbocycles. The van der Waals surface area contributed by atoms with Gasteiger partial charge in [-0.25, -0.2) is 4.98 Å². The van der Waals surface area contributed by atoms with Crippen molar-refractivity contribution >= 4 is 5.82 Å². The first-order valence-corrected chi connectivity index (χ1v) is 6.87. The van der Waals surface area contributed by atoms with E-state index in [2.05, 4.69) is 9.97 Å². The summed E-state index contributed by atoms with van der Waals surface area (Å²) in [5.74, 6) is -0.134. The second-order valence-electron chi connectivity index (χ2n) is 5.05. The SMILES string of the molecule is O=[N+]([O-])c1cn2c(n1)OC(COc1ccc(C(F)(F)F)nc1)CC2. The van der Waals surface area contributed by atoms with Gasteiger partial charge in [0.1, 0.15) is 30.4 Å². The van der Waals surface area contributed by atoms with Gasteiger partial charge in [0.05, 0.1) is 6.20 Å². The highest BCUT2D eigenvalue weighted by Gasteiger charge is 2.32. The van der Waals surface area contributed by atoms with Gasteiger partial charge < -0.3 is 19.6 Å². The van der Waals surface area contributed by atoms with Crippen LogP contribution in [-0.2, 0) is 12.7 Å². The molecule has 0 radical (unpaired) electrons. The van der Waals surface area contributed by atoms with Gasteiger partial charge in [-0.05, 0) is 17.1 Å². The zero-order chi connectivity index (χ0) is 17.3. The lowest BCUT2D eigenvalue weighted by atomic mass is 10.2. The summed E-state index contributed by atoms with van der Waals surface area (Å²) in [6.45, 7) is 0.531. The van der Waals surface area contributed by atoms with Crippen molar-refractivity contribution in [3.63, 3.8) is 0 Å². The zero-order valence-electron chi connectivity index (χ0n) is 12.1. The number of pyridine rings is 1. The minimum atomic E-state index is -4.50. The summed E-state index contributed by atoms with van der Waals surface area (Å²) in [6.07, 6.45) is -2.13.